The molecule has 0 aliphatic carbocycles. The number of rotatable bonds is 6. The Hall–Kier alpha value is -2.98. The molecule has 3 aromatic rings. The summed E-state index contributed by atoms with van der Waals surface area (Å²) in [6.45, 7) is 3.24. The molecule has 1 saturated heterocycles. The minimum absolute atomic E-state index is 0.0940. The van der Waals surface area contributed by atoms with Crippen LogP contribution in [0.15, 0.2) is 42.5 Å². The van der Waals surface area contributed by atoms with Crippen LogP contribution in [-0.2, 0) is 24.5 Å². The summed E-state index contributed by atoms with van der Waals surface area (Å²) >= 11 is 12.5. The first kappa shape index (κ1) is 25.3. The van der Waals surface area contributed by atoms with E-state index >= 15 is 0 Å². The number of benzene rings is 2. The van der Waals surface area contributed by atoms with Gasteiger partial charge < -0.3 is 19.7 Å². The average Bonchev–Trinajstić information content (AvgIpc) is 3.43. The van der Waals surface area contributed by atoms with Gasteiger partial charge in [-0.25, -0.2) is 4.68 Å². The Kier molecular flexibility index (Phi) is 6.63. The van der Waals surface area contributed by atoms with Gasteiger partial charge in [-0.15, -0.1) is 5.10 Å². The summed E-state index contributed by atoms with van der Waals surface area (Å²) in [5, 5.41) is 12.9. The Labute approximate surface area is 230 Å². The number of fused-ring (bicyclic) bond motifs is 4. The molecule has 2 unspecified atom stereocenters. The highest BCUT2D eigenvalue weighted by Crippen LogP contribution is 2.52. The van der Waals surface area contributed by atoms with Crippen molar-refractivity contribution in [3.05, 3.63) is 69.3 Å². The van der Waals surface area contributed by atoms with Crippen molar-refractivity contribution in [3.63, 3.8) is 0 Å². The molecule has 11 heteroatoms. The van der Waals surface area contributed by atoms with Gasteiger partial charge in [0.2, 0.25) is 11.8 Å². The second kappa shape index (κ2) is 9.96. The highest BCUT2D eigenvalue weighted by atomic mass is 35.5. The third kappa shape index (κ3) is 4.18. The van der Waals surface area contributed by atoms with E-state index in [1.54, 1.807) is 33.8 Å². The molecule has 1 spiro atoms. The lowest BCUT2D eigenvalue weighted by atomic mass is 9.73. The largest absolute Gasteiger partial charge is 0.353 e. The summed E-state index contributed by atoms with van der Waals surface area (Å²) < 4.78 is 13.2. The first-order valence-electron chi connectivity index (χ1n) is 12.7. The SMILES string of the molecule is C[C@@H](c1ccc(Cl)cc1)n1nnc2c1NC(=O)CC21C(=O)N(CCOC2CCCCO2)c2ccc(Cl)cc21. The van der Waals surface area contributed by atoms with Crippen LogP contribution in [0, 0.1) is 0 Å². The molecule has 3 aliphatic heterocycles. The molecule has 3 atom stereocenters. The maximum absolute atomic E-state index is 14.3. The fourth-order valence-electron chi connectivity index (χ4n) is 5.63. The van der Waals surface area contributed by atoms with Crippen LogP contribution in [0.25, 0.3) is 0 Å². The number of anilines is 2. The van der Waals surface area contributed by atoms with Crippen molar-refractivity contribution >= 4 is 46.5 Å². The molecular formula is C27H27Cl2N5O4. The van der Waals surface area contributed by atoms with Gasteiger partial charge in [0, 0.05) is 28.9 Å². The Morgan fingerprint density at radius 2 is 1.95 bits per heavy atom. The van der Waals surface area contributed by atoms with E-state index in [9.17, 15) is 9.59 Å². The topological polar surface area (TPSA) is 98.6 Å². The van der Waals surface area contributed by atoms with Gasteiger partial charge in [0.15, 0.2) is 12.1 Å². The van der Waals surface area contributed by atoms with Crippen molar-refractivity contribution < 1.29 is 19.1 Å². The Morgan fingerprint density at radius 1 is 1.16 bits per heavy atom. The zero-order valence-electron chi connectivity index (χ0n) is 20.8. The van der Waals surface area contributed by atoms with Gasteiger partial charge in [-0.2, -0.15) is 0 Å². The van der Waals surface area contributed by atoms with Gasteiger partial charge in [-0.3, -0.25) is 9.59 Å². The highest BCUT2D eigenvalue weighted by Gasteiger charge is 2.58. The lowest BCUT2D eigenvalue weighted by molar-refractivity contribution is -0.161. The number of nitrogens with zero attached hydrogens (tertiary/aromatic N) is 4. The Balaban J connectivity index is 1.37. The van der Waals surface area contributed by atoms with E-state index in [0.29, 0.717) is 52.6 Å². The smallest absolute Gasteiger partial charge is 0.244 e. The molecule has 3 aliphatic rings. The summed E-state index contributed by atoms with van der Waals surface area (Å²) in [5.74, 6) is -0.140. The minimum atomic E-state index is -1.34. The lowest BCUT2D eigenvalue weighted by Gasteiger charge is -2.31. The van der Waals surface area contributed by atoms with Crippen molar-refractivity contribution in [1.29, 1.82) is 0 Å². The van der Waals surface area contributed by atoms with Gasteiger partial charge in [-0.1, -0.05) is 40.5 Å². The van der Waals surface area contributed by atoms with E-state index in [-0.39, 0.29) is 30.6 Å². The summed E-state index contributed by atoms with van der Waals surface area (Å²) in [7, 11) is 0. The van der Waals surface area contributed by atoms with Crippen molar-refractivity contribution in [1.82, 2.24) is 15.0 Å². The van der Waals surface area contributed by atoms with Gasteiger partial charge in [0.1, 0.15) is 11.1 Å². The van der Waals surface area contributed by atoms with Crippen LogP contribution in [0.2, 0.25) is 10.0 Å². The molecule has 1 aromatic heterocycles. The van der Waals surface area contributed by atoms with E-state index in [1.165, 1.54) is 0 Å². The van der Waals surface area contributed by atoms with Crippen LogP contribution in [0.4, 0.5) is 11.5 Å². The van der Waals surface area contributed by atoms with Crippen molar-refractivity contribution in [3.8, 4) is 0 Å². The molecular weight excluding hydrogens is 529 g/mol. The fraction of sp³-hybridized carbons (Fsp3) is 0.407. The fourth-order valence-corrected chi connectivity index (χ4v) is 5.93. The molecule has 1 N–H and O–H groups in total. The number of ether oxygens (including phenoxy) is 2. The van der Waals surface area contributed by atoms with Crippen LogP contribution in [0.1, 0.15) is 55.5 Å². The summed E-state index contributed by atoms with van der Waals surface area (Å²) in [6.07, 6.45) is 2.57. The molecule has 2 amide bonds. The zero-order valence-corrected chi connectivity index (χ0v) is 22.3. The molecule has 0 bridgehead atoms. The lowest BCUT2D eigenvalue weighted by Crippen LogP contribution is -2.47. The molecule has 198 valence electrons. The normalized spacial score (nSPS) is 23.3. The number of aromatic nitrogens is 3. The van der Waals surface area contributed by atoms with Gasteiger partial charge >= 0.3 is 0 Å². The third-order valence-corrected chi connectivity index (χ3v) is 8.06. The highest BCUT2D eigenvalue weighted by molar-refractivity contribution is 6.31. The number of hydrogen-bond donors (Lipinski definition) is 1. The van der Waals surface area contributed by atoms with Crippen molar-refractivity contribution in [2.75, 3.05) is 30.0 Å². The van der Waals surface area contributed by atoms with E-state index in [2.05, 4.69) is 15.6 Å². The maximum atomic E-state index is 14.3. The predicted molar refractivity (Wildman–Crippen MR) is 143 cm³/mol. The monoisotopic (exact) mass is 555 g/mol. The molecule has 4 heterocycles. The number of hydrogen-bond acceptors (Lipinski definition) is 6. The Bertz CT molecular complexity index is 1390. The second-order valence-corrected chi connectivity index (χ2v) is 10.7. The van der Waals surface area contributed by atoms with E-state index < -0.39 is 5.41 Å². The molecule has 0 saturated carbocycles. The van der Waals surface area contributed by atoms with Crippen LogP contribution in [0.3, 0.4) is 0 Å². The van der Waals surface area contributed by atoms with Crippen LogP contribution < -0.4 is 10.2 Å². The standard InChI is InChI=1S/C27H27Cl2N5O4/c1-16(17-5-7-18(28)8-6-17)34-25-24(31-32-34)27(15-22(35)30-25)20-14-19(29)9-10-21(20)33(26(27)36)11-13-38-23-4-2-3-12-37-23/h5-10,14,16,23H,2-4,11-13,15H2,1H3,(H,30,35)/t16-,23?,27?/m0/s1. The van der Waals surface area contributed by atoms with E-state index in [0.717, 1.165) is 24.8 Å². The number of nitrogens with one attached hydrogen (secondary N) is 1. The third-order valence-electron chi connectivity index (χ3n) is 7.58. The Morgan fingerprint density at radius 3 is 2.71 bits per heavy atom. The van der Waals surface area contributed by atoms with Gasteiger partial charge in [0.05, 0.1) is 19.1 Å². The van der Waals surface area contributed by atoms with E-state index in [4.69, 9.17) is 32.7 Å². The first-order chi connectivity index (χ1) is 18.4. The van der Waals surface area contributed by atoms with E-state index in [1.807, 2.05) is 25.1 Å². The maximum Gasteiger partial charge on any atom is 0.244 e. The average molecular weight is 556 g/mol. The quantitative estimate of drug-likeness (QED) is 0.472. The summed E-state index contributed by atoms with van der Waals surface area (Å²) in [5.41, 5.74) is 1.34. The predicted octanol–water partition coefficient (Wildman–Crippen LogP) is 4.71. The molecule has 1 fully saturated rings. The zero-order chi connectivity index (χ0) is 26.4. The molecule has 9 nitrogen and oxygen atoms in total. The minimum Gasteiger partial charge on any atom is -0.353 e. The molecule has 6 rings (SSSR count). The summed E-state index contributed by atoms with van der Waals surface area (Å²) in [4.78, 5) is 29.1. The number of carbonyl (C=O) groups is 2. The molecule has 0 radical (unpaired) electrons. The van der Waals surface area contributed by atoms with Crippen LogP contribution >= 0.6 is 23.2 Å². The van der Waals surface area contributed by atoms with Gasteiger partial charge in [-0.05, 0) is 67.6 Å². The van der Waals surface area contributed by atoms with Gasteiger partial charge in [0.25, 0.3) is 0 Å². The number of amides is 2. The van der Waals surface area contributed by atoms with Crippen LogP contribution in [-0.4, -0.2) is 52.9 Å². The van der Waals surface area contributed by atoms with Crippen molar-refractivity contribution in [2.45, 2.75) is 50.4 Å². The molecule has 2 aromatic carbocycles. The van der Waals surface area contributed by atoms with Crippen molar-refractivity contribution in [2.24, 2.45) is 0 Å². The summed E-state index contributed by atoms with van der Waals surface area (Å²) in [6, 6.07) is 12.4. The molecule has 38 heavy (non-hydrogen) atoms. The first-order valence-corrected chi connectivity index (χ1v) is 13.5. The number of halogens is 2. The number of carbonyl (C=O) groups excluding carboxylic acids is 2. The van der Waals surface area contributed by atoms with Crippen LogP contribution in [0.5, 0.6) is 0 Å². The second-order valence-electron chi connectivity index (χ2n) is 9.87.